The first-order valence-electron chi connectivity index (χ1n) is 8.00. The third-order valence-corrected chi connectivity index (χ3v) is 5.07. The number of carbonyl (C=O) groups is 3. The average molecular weight is 385 g/mol. The molecule has 2 aromatic rings. The van der Waals surface area contributed by atoms with Crippen molar-refractivity contribution in [2.45, 2.75) is 23.5 Å². The summed E-state index contributed by atoms with van der Waals surface area (Å²) >= 11 is 1.26. The van der Waals surface area contributed by atoms with Crippen LogP contribution in [0, 0.1) is 10.1 Å². The van der Waals surface area contributed by atoms with Crippen molar-refractivity contribution in [2.24, 2.45) is 0 Å². The number of imide groups is 1. The number of nitro benzene ring substituents is 1. The molecule has 1 heterocycles. The number of nitrogens with one attached hydrogen (secondary N) is 1. The summed E-state index contributed by atoms with van der Waals surface area (Å²) < 4.78 is 0. The van der Waals surface area contributed by atoms with Crippen molar-refractivity contribution >= 4 is 46.5 Å². The fourth-order valence-corrected chi connectivity index (χ4v) is 3.73. The summed E-state index contributed by atoms with van der Waals surface area (Å²) in [6, 6.07) is 12.3. The van der Waals surface area contributed by atoms with Crippen molar-refractivity contribution in [3.05, 3.63) is 58.6 Å². The van der Waals surface area contributed by atoms with E-state index in [0.29, 0.717) is 11.4 Å². The fraction of sp³-hybridized carbons (Fsp3) is 0.167. The standard InChI is InChI=1S/C18H15N3O5S/c1-11(22)19-12-2-8-15(9-3-12)27-16-10-17(23)20(18(16)24)13-4-6-14(7-5-13)21(25)26/h2-9,16H,10H2,1H3,(H,19,22). The molecule has 1 N–H and O–H groups in total. The van der Waals surface area contributed by atoms with E-state index in [1.54, 1.807) is 24.3 Å². The fourth-order valence-electron chi connectivity index (χ4n) is 2.68. The number of benzene rings is 2. The van der Waals surface area contributed by atoms with Crippen LogP contribution in [0.4, 0.5) is 17.1 Å². The zero-order chi connectivity index (χ0) is 19.6. The summed E-state index contributed by atoms with van der Waals surface area (Å²) in [6.07, 6.45) is 0.0495. The minimum atomic E-state index is -0.570. The van der Waals surface area contributed by atoms with Crippen molar-refractivity contribution < 1.29 is 19.3 Å². The lowest BCUT2D eigenvalue weighted by molar-refractivity contribution is -0.384. The average Bonchev–Trinajstić information content (AvgIpc) is 2.90. The summed E-state index contributed by atoms with van der Waals surface area (Å²) in [5.74, 6) is -0.878. The molecule has 0 bridgehead atoms. The smallest absolute Gasteiger partial charge is 0.269 e. The molecule has 3 rings (SSSR count). The Kier molecular flexibility index (Phi) is 5.22. The van der Waals surface area contributed by atoms with Gasteiger partial charge in [-0.3, -0.25) is 24.5 Å². The Morgan fingerprint density at radius 1 is 1.15 bits per heavy atom. The Labute approximate surface area is 158 Å². The van der Waals surface area contributed by atoms with Gasteiger partial charge < -0.3 is 5.32 Å². The second-order valence-corrected chi connectivity index (χ2v) is 7.13. The number of hydrogen-bond acceptors (Lipinski definition) is 6. The SMILES string of the molecule is CC(=O)Nc1ccc(SC2CC(=O)N(c3ccc([N+](=O)[O-])cc3)C2=O)cc1. The Morgan fingerprint density at radius 3 is 2.33 bits per heavy atom. The molecule has 1 saturated heterocycles. The van der Waals surface area contributed by atoms with Crippen LogP contribution in [0.5, 0.6) is 0 Å². The Bertz CT molecular complexity index is 912. The second-order valence-electron chi connectivity index (χ2n) is 5.86. The van der Waals surface area contributed by atoms with E-state index in [1.807, 2.05) is 0 Å². The van der Waals surface area contributed by atoms with E-state index in [1.165, 1.54) is 43.0 Å². The largest absolute Gasteiger partial charge is 0.326 e. The van der Waals surface area contributed by atoms with Crippen LogP contribution in [-0.4, -0.2) is 27.9 Å². The zero-order valence-electron chi connectivity index (χ0n) is 14.2. The minimum Gasteiger partial charge on any atom is -0.326 e. The molecule has 1 aliphatic rings. The van der Waals surface area contributed by atoms with E-state index in [-0.39, 0.29) is 29.8 Å². The van der Waals surface area contributed by atoms with Gasteiger partial charge >= 0.3 is 0 Å². The Morgan fingerprint density at radius 2 is 1.78 bits per heavy atom. The maximum absolute atomic E-state index is 12.6. The number of nitrogens with zero attached hydrogens (tertiary/aromatic N) is 2. The maximum Gasteiger partial charge on any atom is 0.269 e. The number of thioether (sulfide) groups is 1. The number of amides is 3. The van der Waals surface area contributed by atoms with E-state index in [0.717, 1.165) is 9.80 Å². The number of nitro groups is 1. The monoisotopic (exact) mass is 385 g/mol. The van der Waals surface area contributed by atoms with Gasteiger partial charge in [-0.05, 0) is 36.4 Å². The van der Waals surface area contributed by atoms with Gasteiger partial charge in [0.25, 0.3) is 5.69 Å². The number of carbonyl (C=O) groups excluding carboxylic acids is 3. The highest BCUT2D eigenvalue weighted by Gasteiger charge is 2.40. The third-order valence-electron chi connectivity index (χ3n) is 3.88. The first-order valence-corrected chi connectivity index (χ1v) is 8.88. The van der Waals surface area contributed by atoms with Crippen LogP contribution in [0.15, 0.2) is 53.4 Å². The quantitative estimate of drug-likeness (QED) is 0.481. The molecule has 0 saturated carbocycles. The van der Waals surface area contributed by atoms with Gasteiger partial charge in [-0.15, -0.1) is 11.8 Å². The van der Waals surface area contributed by atoms with E-state index >= 15 is 0 Å². The molecule has 3 amide bonds. The zero-order valence-corrected chi connectivity index (χ0v) is 15.1. The summed E-state index contributed by atoms with van der Waals surface area (Å²) in [7, 11) is 0. The summed E-state index contributed by atoms with van der Waals surface area (Å²) in [5.41, 5.74) is 0.857. The summed E-state index contributed by atoms with van der Waals surface area (Å²) in [6.45, 7) is 1.41. The van der Waals surface area contributed by atoms with Crippen LogP contribution in [0.2, 0.25) is 0 Å². The maximum atomic E-state index is 12.6. The molecule has 0 spiro atoms. The third kappa shape index (κ3) is 4.14. The van der Waals surface area contributed by atoms with Gasteiger partial charge in [0.1, 0.15) is 0 Å². The lowest BCUT2D eigenvalue weighted by atomic mass is 10.2. The minimum absolute atomic E-state index is 0.0495. The molecule has 1 aliphatic heterocycles. The van der Waals surface area contributed by atoms with Gasteiger partial charge in [0.05, 0.1) is 15.9 Å². The molecular formula is C18H15N3O5S. The highest BCUT2D eigenvalue weighted by atomic mass is 32.2. The van der Waals surface area contributed by atoms with Gasteiger partial charge in [-0.2, -0.15) is 0 Å². The molecule has 8 nitrogen and oxygen atoms in total. The van der Waals surface area contributed by atoms with Gasteiger partial charge in [-0.25, -0.2) is 4.90 Å². The lowest BCUT2D eigenvalue weighted by Crippen LogP contribution is -2.31. The molecule has 1 unspecified atom stereocenters. The molecule has 1 atom stereocenters. The highest BCUT2D eigenvalue weighted by molar-refractivity contribution is 8.00. The van der Waals surface area contributed by atoms with Crippen molar-refractivity contribution in [1.29, 1.82) is 0 Å². The topological polar surface area (TPSA) is 110 Å². The second kappa shape index (κ2) is 7.58. The molecule has 27 heavy (non-hydrogen) atoms. The van der Waals surface area contributed by atoms with Gasteiger partial charge in [0.15, 0.2) is 0 Å². The Hall–Kier alpha value is -3.20. The van der Waals surface area contributed by atoms with Gasteiger partial charge in [-0.1, -0.05) is 0 Å². The lowest BCUT2D eigenvalue weighted by Gasteiger charge is -2.14. The van der Waals surface area contributed by atoms with E-state index in [2.05, 4.69) is 5.32 Å². The van der Waals surface area contributed by atoms with E-state index in [9.17, 15) is 24.5 Å². The van der Waals surface area contributed by atoms with Crippen molar-refractivity contribution in [3.8, 4) is 0 Å². The summed E-state index contributed by atoms with van der Waals surface area (Å²) in [4.78, 5) is 48.0. The normalized spacial score (nSPS) is 16.5. The van der Waals surface area contributed by atoms with Gasteiger partial charge in [0.2, 0.25) is 17.7 Å². The van der Waals surface area contributed by atoms with Crippen LogP contribution in [0.1, 0.15) is 13.3 Å². The number of hydrogen-bond donors (Lipinski definition) is 1. The molecule has 0 aliphatic carbocycles. The number of non-ortho nitro benzene ring substituents is 1. The van der Waals surface area contributed by atoms with Crippen LogP contribution < -0.4 is 10.2 Å². The highest BCUT2D eigenvalue weighted by Crippen LogP contribution is 2.34. The van der Waals surface area contributed by atoms with Gasteiger partial charge in [0, 0.05) is 36.1 Å². The van der Waals surface area contributed by atoms with Crippen LogP contribution >= 0.6 is 11.8 Å². The first-order chi connectivity index (χ1) is 12.8. The predicted octanol–water partition coefficient (Wildman–Crippen LogP) is 2.98. The van der Waals surface area contributed by atoms with Crippen molar-refractivity contribution in [1.82, 2.24) is 0 Å². The predicted molar refractivity (Wildman–Crippen MR) is 101 cm³/mol. The molecule has 2 aromatic carbocycles. The number of anilines is 2. The van der Waals surface area contributed by atoms with Crippen LogP contribution in [-0.2, 0) is 14.4 Å². The van der Waals surface area contributed by atoms with Crippen molar-refractivity contribution in [3.63, 3.8) is 0 Å². The molecule has 0 aromatic heterocycles. The van der Waals surface area contributed by atoms with Crippen molar-refractivity contribution in [2.75, 3.05) is 10.2 Å². The molecule has 1 fully saturated rings. The van der Waals surface area contributed by atoms with Crippen LogP contribution in [0.25, 0.3) is 0 Å². The summed E-state index contributed by atoms with van der Waals surface area (Å²) in [5, 5.41) is 12.8. The van der Waals surface area contributed by atoms with E-state index < -0.39 is 10.2 Å². The van der Waals surface area contributed by atoms with Crippen LogP contribution in [0.3, 0.4) is 0 Å². The van der Waals surface area contributed by atoms with E-state index in [4.69, 9.17) is 0 Å². The Balaban J connectivity index is 1.72. The first kappa shape index (κ1) is 18.6. The number of rotatable bonds is 5. The molecular weight excluding hydrogens is 370 g/mol. The molecule has 0 radical (unpaired) electrons. The molecule has 138 valence electrons. The molecule has 9 heteroatoms.